The van der Waals surface area contributed by atoms with Gasteiger partial charge in [0.2, 0.25) is 11.1 Å². The summed E-state index contributed by atoms with van der Waals surface area (Å²) in [6, 6.07) is 19.9. The molecule has 5 nitrogen and oxygen atoms in total. The van der Waals surface area contributed by atoms with E-state index in [1.54, 1.807) is 0 Å². The lowest BCUT2D eigenvalue weighted by Crippen LogP contribution is -2.31. The molecule has 0 aliphatic heterocycles. The van der Waals surface area contributed by atoms with Crippen molar-refractivity contribution in [3.63, 3.8) is 0 Å². The SMILES string of the molecule is O=C(CSc1nnc(-c2ccccc2)c(-c2ccccc2)n1)NCC1CCCCC1. The Morgan fingerprint density at radius 3 is 2.17 bits per heavy atom. The highest BCUT2D eigenvalue weighted by molar-refractivity contribution is 7.99. The molecule has 1 saturated carbocycles. The van der Waals surface area contributed by atoms with E-state index in [9.17, 15) is 4.79 Å². The van der Waals surface area contributed by atoms with E-state index >= 15 is 0 Å². The van der Waals surface area contributed by atoms with E-state index in [2.05, 4.69) is 15.5 Å². The lowest BCUT2D eigenvalue weighted by atomic mass is 9.89. The molecular formula is C24H26N4OS. The fourth-order valence-electron chi connectivity index (χ4n) is 3.79. The Kier molecular flexibility index (Phi) is 7.08. The molecule has 1 N–H and O–H groups in total. The van der Waals surface area contributed by atoms with Crippen LogP contribution in [0, 0.1) is 5.92 Å². The fourth-order valence-corrected chi connectivity index (χ4v) is 4.41. The highest BCUT2D eigenvalue weighted by Crippen LogP contribution is 2.29. The van der Waals surface area contributed by atoms with Gasteiger partial charge in [-0.15, -0.1) is 10.2 Å². The maximum Gasteiger partial charge on any atom is 0.230 e. The Morgan fingerprint density at radius 1 is 0.867 bits per heavy atom. The van der Waals surface area contributed by atoms with E-state index in [-0.39, 0.29) is 5.91 Å². The maximum atomic E-state index is 12.3. The van der Waals surface area contributed by atoms with E-state index in [4.69, 9.17) is 4.98 Å². The van der Waals surface area contributed by atoms with Gasteiger partial charge in [0.05, 0.1) is 5.75 Å². The second-order valence-corrected chi connectivity index (χ2v) is 8.56. The van der Waals surface area contributed by atoms with Crippen LogP contribution in [0.15, 0.2) is 65.8 Å². The number of benzene rings is 2. The van der Waals surface area contributed by atoms with Crippen molar-refractivity contribution in [3.05, 3.63) is 60.7 Å². The smallest absolute Gasteiger partial charge is 0.230 e. The predicted molar refractivity (Wildman–Crippen MR) is 121 cm³/mol. The van der Waals surface area contributed by atoms with Crippen molar-refractivity contribution in [1.82, 2.24) is 20.5 Å². The number of hydrogen-bond donors (Lipinski definition) is 1. The summed E-state index contributed by atoms with van der Waals surface area (Å²) in [6.07, 6.45) is 6.34. The highest BCUT2D eigenvalue weighted by Gasteiger charge is 2.16. The van der Waals surface area contributed by atoms with Gasteiger partial charge in [-0.1, -0.05) is 91.7 Å². The van der Waals surface area contributed by atoms with Gasteiger partial charge in [0.25, 0.3) is 0 Å². The van der Waals surface area contributed by atoms with Gasteiger partial charge in [0.15, 0.2) is 0 Å². The van der Waals surface area contributed by atoms with E-state index in [0.29, 0.717) is 16.8 Å². The molecule has 0 unspecified atom stereocenters. The van der Waals surface area contributed by atoms with Crippen molar-refractivity contribution in [2.24, 2.45) is 5.92 Å². The molecule has 3 aromatic rings. The lowest BCUT2D eigenvalue weighted by molar-refractivity contribution is -0.118. The average molecular weight is 419 g/mol. The van der Waals surface area contributed by atoms with Crippen LogP contribution in [0.5, 0.6) is 0 Å². The zero-order valence-corrected chi connectivity index (χ0v) is 17.8. The van der Waals surface area contributed by atoms with Crippen LogP contribution in [0.1, 0.15) is 32.1 Å². The third-order valence-electron chi connectivity index (χ3n) is 5.41. The summed E-state index contributed by atoms with van der Waals surface area (Å²) >= 11 is 1.33. The van der Waals surface area contributed by atoms with E-state index in [1.165, 1.54) is 43.9 Å². The molecule has 0 radical (unpaired) electrons. The van der Waals surface area contributed by atoms with Gasteiger partial charge >= 0.3 is 0 Å². The first-order valence-corrected chi connectivity index (χ1v) is 11.5. The third kappa shape index (κ3) is 5.45. The van der Waals surface area contributed by atoms with Gasteiger partial charge in [-0.25, -0.2) is 4.98 Å². The van der Waals surface area contributed by atoms with E-state index in [1.807, 2.05) is 60.7 Å². The number of carbonyl (C=O) groups excluding carboxylic acids is 1. The number of nitrogens with zero attached hydrogens (tertiary/aromatic N) is 3. The molecule has 0 atom stereocenters. The standard InChI is InChI=1S/C24H26N4OS/c29-21(25-16-18-10-4-1-5-11-18)17-30-24-26-22(19-12-6-2-7-13-19)23(27-28-24)20-14-8-3-9-15-20/h2-3,6-9,12-15,18H,1,4-5,10-11,16-17H2,(H,25,29). The minimum absolute atomic E-state index is 0.0302. The minimum Gasteiger partial charge on any atom is -0.355 e. The monoisotopic (exact) mass is 418 g/mol. The molecule has 2 aromatic carbocycles. The fraction of sp³-hybridized carbons (Fsp3) is 0.333. The van der Waals surface area contributed by atoms with Gasteiger partial charge < -0.3 is 5.32 Å². The molecule has 1 aliphatic carbocycles. The van der Waals surface area contributed by atoms with Crippen molar-refractivity contribution in [1.29, 1.82) is 0 Å². The number of hydrogen-bond acceptors (Lipinski definition) is 5. The largest absolute Gasteiger partial charge is 0.355 e. The topological polar surface area (TPSA) is 67.8 Å². The molecule has 1 heterocycles. The van der Waals surface area contributed by atoms with Crippen LogP contribution in [-0.2, 0) is 4.79 Å². The normalized spacial score (nSPS) is 14.4. The lowest BCUT2D eigenvalue weighted by Gasteiger charge is -2.21. The van der Waals surface area contributed by atoms with Crippen LogP contribution < -0.4 is 5.32 Å². The number of carbonyl (C=O) groups is 1. The molecule has 154 valence electrons. The first-order valence-electron chi connectivity index (χ1n) is 10.5. The molecule has 1 aliphatic rings. The van der Waals surface area contributed by atoms with Crippen molar-refractivity contribution in [2.75, 3.05) is 12.3 Å². The summed E-state index contributed by atoms with van der Waals surface area (Å²) in [5.74, 6) is 0.955. The Morgan fingerprint density at radius 2 is 1.50 bits per heavy atom. The third-order valence-corrected chi connectivity index (χ3v) is 6.24. The van der Waals surface area contributed by atoms with Gasteiger partial charge in [-0.3, -0.25) is 4.79 Å². The molecule has 0 saturated heterocycles. The minimum atomic E-state index is 0.0302. The van der Waals surface area contributed by atoms with Gasteiger partial charge in [0, 0.05) is 17.7 Å². The summed E-state index contributed by atoms with van der Waals surface area (Å²) in [7, 11) is 0. The number of rotatable bonds is 7. The molecule has 6 heteroatoms. The predicted octanol–water partition coefficient (Wildman–Crippen LogP) is 4.99. The average Bonchev–Trinajstić information content (AvgIpc) is 2.83. The van der Waals surface area contributed by atoms with E-state index < -0.39 is 0 Å². The number of amides is 1. The van der Waals surface area contributed by atoms with E-state index in [0.717, 1.165) is 29.1 Å². The summed E-state index contributed by atoms with van der Waals surface area (Å²) in [6.45, 7) is 0.778. The summed E-state index contributed by atoms with van der Waals surface area (Å²) in [4.78, 5) is 17.0. The Balaban J connectivity index is 1.45. The van der Waals surface area contributed by atoms with Crippen LogP contribution in [0.4, 0.5) is 0 Å². The van der Waals surface area contributed by atoms with Crippen molar-refractivity contribution >= 4 is 17.7 Å². The first kappa shape index (κ1) is 20.5. The number of nitrogens with one attached hydrogen (secondary N) is 1. The molecule has 1 fully saturated rings. The molecule has 0 spiro atoms. The molecule has 0 bridgehead atoms. The number of thioether (sulfide) groups is 1. The van der Waals surface area contributed by atoms with Crippen molar-refractivity contribution in [2.45, 2.75) is 37.3 Å². The summed E-state index contributed by atoms with van der Waals surface area (Å²) in [5.41, 5.74) is 3.47. The summed E-state index contributed by atoms with van der Waals surface area (Å²) < 4.78 is 0. The molecule has 4 rings (SSSR count). The van der Waals surface area contributed by atoms with Crippen LogP contribution in [0.2, 0.25) is 0 Å². The van der Waals surface area contributed by atoms with Gasteiger partial charge in [-0.2, -0.15) is 0 Å². The molecule has 30 heavy (non-hydrogen) atoms. The van der Waals surface area contributed by atoms with Gasteiger partial charge in [-0.05, 0) is 18.8 Å². The summed E-state index contributed by atoms with van der Waals surface area (Å²) in [5, 5.41) is 12.3. The maximum absolute atomic E-state index is 12.3. The Labute approximate surface area is 181 Å². The molecule has 1 aromatic heterocycles. The molecular weight excluding hydrogens is 392 g/mol. The quantitative estimate of drug-likeness (QED) is 0.547. The number of aromatic nitrogens is 3. The second-order valence-electron chi connectivity index (χ2n) is 7.62. The van der Waals surface area contributed by atoms with Crippen LogP contribution in [-0.4, -0.2) is 33.4 Å². The first-order chi connectivity index (χ1) is 14.8. The van der Waals surface area contributed by atoms with Gasteiger partial charge in [0.1, 0.15) is 11.4 Å². The van der Waals surface area contributed by atoms with Crippen LogP contribution in [0.3, 0.4) is 0 Å². The highest BCUT2D eigenvalue weighted by atomic mass is 32.2. The zero-order valence-electron chi connectivity index (χ0n) is 17.0. The zero-order chi connectivity index (χ0) is 20.6. The molecule has 1 amide bonds. The Bertz CT molecular complexity index is 959. The Hall–Kier alpha value is -2.73. The van der Waals surface area contributed by atoms with Crippen LogP contribution >= 0.6 is 11.8 Å². The van der Waals surface area contributed by atoms with Crippen molar-refractivity contribution < 1.29 is 4.79 Å². The van der Waals surface area contributed by atoms with Crippen molar-refractivity contribution in [3.8, 4) is 22.5 Å². The van der Waals surface area contributed by atoms with Crippen LogP contribution in [0.25, 0.3) is 22.5 Å². The second kappa shape index (κ2) is 10.3.